The highest BCUT2D eigenvalue weighted by Crippen LogP contribution is 2.19. The van der Waals surface area contributed by atoms with Crippen molar-refractivity contribution in [1.82, 2.24) is 4.57 Å². The summed E-state index contributed by atoms with van der Waals surface area (Å²) >= 11 is 0. The molecule has 0 bridgehead atoms. The van der Waals surface area contributed by atoms with Crippen molar-refractivity contribution in [1.29, 1.82) is 0 Å². The first-order valence-corrected chi connectivity index (χ1v) is 6.18. The van der Waals surface area contributed by atoms with Gasteiger partial charge in [-0.15, -0.1) is 0 Å². The summed E-state index contributed by atoms with van der Waals surface area (Å²) in [5.74, 6) is -1.35. The molecule has 5 heteroatoms. The van der Waals surface area contributed by atoms with E-state index < -0.39 is 17.2 Å². The molecule has 106 valence electrons. The van der Waals surface area contributed by atoms with E-state index in [-0.39, 0.29) is 11.1 Å². The number of aryl methyl sites for hydroxylation is 1. The van der Waals surface area contributed by atoms with Crippen LogP contribution in [0.2, 0.25) is 0 Å². The first kappa shape index (κ1) is 14.4. The highest BCUT2D eigenvalue weighted by atomic mass is 19.1. The highest BCUT2D eigenvalue weighted by Gasteiger charge is 2.20. The van der Waals surface area contributed by atoms with E-state index in [0.29, 0.717) is 11.3 Å². The number of nitrogens with zero attached hydrogens (tertiary/aromatic N) is 1. The molecule has 0 radical (unpaired) electrons. The molecule has 0 unspecified atom stereocenters. The molecule has 0 aliphatic heterocycles. The van der Waals surface area contributed by atoms with Crippen LogP contribution in [0.15, 0.2) is 35.3 Å². The first-order chi connectivity index (χ1) is 9.20. The molecule has 0 saturated carbocycles. The molecule has 3 nitrogen and oxygen atoms in total. The van der Waals surface area contributed by atoms with Gasteiger partial charge in [-0.2, -0.15) is 0 Å². The zero-order valence-corrected chi connectivity index (χ0v) is 11.6. The summed E-state index contributed by atoms with van der Waals surface area (Å²) < 4.78 is 28.4. The van der Waals surface area contributed by atoms with Gasteiger partial charge in [0.1, 0.15) is 11.6 Å². The fraction of sp³-hybridized carbons (Fsp3) is 0.267. The monoisotopic (exact) mass is 278 g/mol. The second-order valence-corrected chi connectivity index (χ2v) is 5.38. The van der Waals surface area contributed by atoms with E-state index in [4.69, 9.17) is 5.73 Å². The Morgan fingerprint density at radius 2 is 1.85 bits per heavy atom. The van der Waals surface area contributed by atoms with Gasteiger partial charge in [-0.3, -0.25) is 4.79 Å². The predicted molar refractivity (Wildman–Crippen MR) is 73.9 cm³/mol. The lowest BCUT2D eigenvalue weighted by molar-refractivity contribution is 0.541. The molecule has 20 heavy (non-hydrogen) atoms. The van der Waals surface area contributed by atoms with Gasteiger partial charge in [-0.05, 0) is 32.9 Å². The van der Waals surface area contributed by atoms with Crippen molar-refractivity contribution in [3.05, 3.63) is 63.6 Å². The van der Waals surface area contributed by atoms with Crippen LogP contribution in [0.3, 0.4) is 0 Å². The Kier molecular flexibility index (Phi) is 3.48. The maximum absolute atomic E-state index is 13.9. The van der Waals surface area contributed by atoms with E-state index in [1.807, 2.05) is 0 Å². The summed E-state index contributed by atoms with van der Waals surface area (Å²) in [6.45, 7) is 5.08. The van der Waals surface area contributed by atoms with Crippen LogP contribution >= 0.6 is 0 Å². The summed E-state index contributed by atoms with van der Waals surface area (Å²) in [4.78, 5) is 12.0. The van der Waals surface area contributed by atoms with Gasteiger partial charge in [0.2, 0.25) is 0 Å². The van der Waals surface area contributed by atoms with Crippen molar-refractivity contribution in [2.24, 2.45) is 5.73 Å². The van der Waals surface area contributed by atoms with Gasteiger partial charge >= 0.3 is 0 Å². The van der Waals surface area contributed by atoms with Gasteiger partial charge in [0, 0.05) is 35.1 Å². The van der Waals surface area contributed by atoms with E-state index in [9.17, 15) is 13.6 Å². The van der Waals surface area contributed by atoms with Gasteiger partial charge in [-0.1, -0.05) is 0 Å². The Hall–Kier alpha value is -2.01. The molecule has 2 rings (SSSR count). The van der Waals surface area contributed by atoms with Crippen LogP contribution < -0.4 is 11.2 Å². The van der Waals surface area contributed by atoms with Gasteiger partial charge in [0.25, 0.3) is 0 Å². The SMILES string of the molecule is Cc1cc(=O)c(C(C)(C)N)cn1-c1ccc(F)cc1F. The van der Waals surface area contributed by atoms with E-state index >= 15 is 0 Å². The van der Waals surface area contributed by atoms with Crippen LogP contribution in [-0.4, -0.2) is 4.57 Å². The average Bonchev–Trinajstić information content (AvgIpc) is 2.28. The van der Waals surface area contributed by atoms with Crippen molar-refractivity contribution in [3.63, 3.8) is 0 Å². The van der Waals surface area contributed by atoms with Crippen LogP contribution in [0.4, 0.5) is 8.78 Å². The van der Waals surface area contributed by atoms with Crippen molar-refractivity contribution in [3.8, 4) is 5.69 Å². The summed E-state index contributed by atoms with van der Waals surface area (Å²) in [6.07, 6.45) is 1.51. The quantitative estimate of drug-likeness (QED) is 0.918. The number of halogens is 2. The first-order valence-electron chi connectivity index (χ1n) is 6.18. The molecular weight excluding hydrogens is 262 g/mol. The predicted octanol–water partition coefficient (Wildman–Crippen LogP) is 2.62. The summed E-state index contributed by atoms with van der Waals surface area (Å²) in [6, 6.07) is 4.70. The van der Waals surface area contributed by atoms with Crippen molar-refractivity contribution < 1.29 is 8.78 Å². The van der Waals surface area contributed by atoms with Crippen LogP contribution in [0.25, 0.3) is 5.69 Å². The topological polar surface area (TPSA) is 48.0 Å². The van der Waals surface area contributed by atoms with Gasteiger partial charge in [0.15, 0.2) is 5.43 Å². The van der Waals surface area contributed by atoms with Crippen molar-refractivity contribution in [2.75, 3.05) is 0 Å². The number of rotatable bonds is 2. The lowest BCUT2D eigenvalue weighted by atomic mass is 9.96. The molecule has 1 aromatic carbocycles. The van der Waals surface area contributed by atoms with Crippen LogP contribution in [0, 0.1) is 18.6 Å². The van der Waals surface area contributed by atoms with Gasteiger partial charge < -0.3 is 10.3 Å². The van der Waals surface area contributed by atoms with Gasteiger partial charge in [-0.25, -0.2) is 8.78 Å². The number of hydrogen-bond acceptors (Lipinski definition) is 2. The Balaban J connectivity index is 2.72. The Labute approximate surface area is 115 Å². The van der Waals surface area contributed by atoms with E-state index in [1.165, 1.54) is 29.0 Å². The molecule has 2 aromatic rings. The maximum atomic E-state index is 13.9. The normalized spacial score (nSPS) is 11.7. The molecule has 1 aromatic heterocycles. The minimum Gasteiger partial charge on any atom is -0.322 e. The standard InChI is InChI=1S/C15H16F2N2O/c1-9-6-14(20)11(15(2,3)18)8-19(9)13-5-4-10(16)7-12(13)17/h4-8H,18H2,1-3H3. The molecule has 0 aliphatic rings. The van der Waals surface area contributed by atoms with E-state index in [1.54, 1.807) is 20.8 Å². The zero-order chi connectivity index (χ0) is 15.1. The third-order valence-corrected chi connectivity index (χ3v) is 3.11. The second-order valence-electron chi connectivity index (χ2n) is 5.38. The van der Waals surface area contributed by atoms with Crippen molar-refractivity contribution >= 4 is 0 Å². The molecular formula is C15H16F2N2O. The minimum absolute atomic E-state index is 0.175. The number of nitrogens with two attached hydrogens (primary N) is 1. The minimum atomic E-state index is -0.844. The van der Waals surface area contributed by atoms with Crippen LogP contribution in [-0.2, 0) is 5.54 Å². The fourth-order valence-corrected chi connectivity index (χ4v) is 2.05. The van der Waals surface area contributed by atoms with E-state index in [0.717, 1.165) is 6.07 Å². The number of hydrogen-bond donors (Lipinski definition) is 1. The maximum Gasteiger partial charge on any atom is 0.186 e. The summed E-state index contributed by atoms with van der Waals surface area (Å²) in [7, 11) is 0. The second kappa shape index (κ2) is 4.83. The van der Waals surface area contributed by atoms with Crippen molar-refractivity contribution in [2.45, 2.75) is 26.3 Å². The third kappa shape index (κ3) is 2.63. The van der Waals surface area contributed by atoms with Gasteiger partial charge in [0.05, 0.1) is 5.69 Å². The van der Waals surface area contributed by atoms with Crippen LogP contribution in [0.5, 0.6) is 0 Å². The number of aromatic nitrogens is 1. The Morgan fingerprint density at radius 1 is 1.20 bits per heavy atom. The molecule has 0 saturated heterocycles. The Bertz CT molecular complexity index is 715. The lowest BCUT2D eigenvalue weighted by Gasteiger charge is -2.21. The molecule has 0 fully saturated rings. The van der Waals surface area contributed by atoms with Crippen LogP contribution in [0.1, 0.15) is 25.1 Å². The molecule has 0 amide bonds. The zero-order valence-electron chi connectivity index (χ0n) is 11.6. The van der Waals surface area contributed by atoms with E-state index in [2.05, 4.69) is 0 Å². The Morgan fingerprint density at radius 3 is 2.40 bits per heavy atom. The fourth-order valence-electron chi connectivity index (χ4n) is 2.05. The third-order valence-electron chi connectivity index (χ3n) is 3.11. The largest absolute Gasteiger partial charge is 0.322 e. The molecule has 2 N–H and O–H groups in total. The summed E-state index contributed by atoms with van der Waals surface area (Å²) in [5, 5.41) is 0. The lowest BCUT2D eigenvalue weighted by Crippen LogP contribution is -2.35. The summed E-state index contributed by atoms with van der Waals surface area (Å²) in [5.41, 5.74) is 6.00. The smallest absolute Gasteiger partial charge is 0.186 e. The average molecular weight is 278 g/mol. The number of benzene rings is 1. The number of pyridine rings is 1. The highest BCUT2D eigenvalue weighted by molar-refractivity contribution is 5.38. The molecule has 0 aliphatic carbocycles. The molecule has 0 spiro atoms. The molecule has 1 heterocycles. The molecule has 0 atom stereocenters.